The van der Waals surface area contributed by atoms with Crippen LogP contribution in [-0.2, 0) is 19.1 Å². The fourth-order valence-electron chi connectivity index (χ4n) is 3.08. The number of ketones is 1. The molecule has 1 aliphatic heterocycles. The molecule has 0 aromatic heterocycles. The predicted molar refractivity (Wildman–Crippen MR) is 79.3 cm³/mol. The number of halogens is 1. The van der Waals surface area contributed by atoms with Crippen molar-refractivity contribution in [3.8, 4) is 0 Å². The summed E-state index contributed by atoms with van der Waals surface area (Å²) in [6.45, 7) is 0. The molecule has 2 N–H and O–H groups in total. The molecule has 120 valence electrons. The van der Waals surface area contributed by atoms with Crippen molar-refractivity contribution in [1.82, 2.24) is 0 Å². The third-order valence-electron chi connectivity index (χ3n) is 4.07. The third kappa shape index (κ3) is 2.60. The summed E-state index contributed by atoms with van der Waals surface area (Å²) in [7, 11) is 1.22. The number of hydrogen-bond donors (Lipinski definition) is 1. The average molecular weight is 317 g/mol. The van der Waals surface area contributed by atoms with Crippen molar-refractivity contribution >= 4 is 11.8 Å². The lowest BCUT2D eigenvalue weighted by molar-refractivity contribution is -0.136. The fraction of sp³-hybridized carbons (Fsp3) is 0.294. The molecule has 1 aromatic carbocycles. The molecule has 0 unspecified atom stereocenters. The van der Waals surface area contributed by atoms with Gasteiger partial charge in [0.25, 0.3) is 0 Å². The maximum atomic E-state index is 13.7. The van der Waals surface area contributed by atoms with E-state index >= 15 is 0 Å². The Bertz CT molecular complexity index is 751. The third-order valence-corrected chi connectivity index (χ3v) is 4.07. The second kappa shape index (κ2) is 5.87. The molecule has 1 heterocycles. The van der Waals surface area contributed by atoms with Crippen LogP contribution in [0.15, 0.2) is 47.1 Å². The number of carbonyl (C=O) groups excluding carboxylic acids is 2. The smallest absolute Gasteiger partial charge is 0.340 e. The van der Waals surface area contributed by atoms with E-state index in [0.29, 0.717) is 36.2 Å². The summed E-state index contributed by atoms with van der Waals surface area (Å²) >= 11 is 0. The van der Waals surface area contributed by atoms with Crippen molar-refractivity contribution in [3.63, 3.8) is 0 Å². The van der Waals surface area contributed by atoms with Gasteiger partial charge in [0.05, 0.1) is 13.0 Å². The number of rotatable bonds is 2. The number of ether oxygens (including phenoxy) is 2. The summed E-state index contributed by atoms with van der Waals surface area (Å²) in [6.07, 6.45) is 1.58. The van der Waals surface area contributed by atoms with Gasteiger partial charge in [0, 0.05) is 18.4 Å². The molecular formula is C17H16FNO4. The SMILES string of the molecule is COC(=O)C1=C(N)OC2=C(C(=O)CCC2)[C@@H]1c1cccc(F)c1. The van der Waals surface area contributed by atoms with Crippen molar-refractivity contribution in [3.05, 3.63) is 58.4 Å². The molecule has 0 bridgehead atoms. The molecular weight excluding hydrogens is 301 g/mol. The van der Waals surface area contributed by atoms with Crippen molar-refractivity contribution in [2.75, 3.05) is 7.11 Å². The van der Waals surface area contributed by atoms with Gasteiger partial charge in [0.15, 0.2) is 5.78 Å². The Balaban J connectivity index is 2.20. The van der Waals surface area contributed by atoms with Crippen LogP contribution in [0.5, 0.6) is 0 Å². The molecule has 5 nitrogen and oxygen atoms in total. The summed E-state index contributed by atoms with van der Waals surface area (Å²) in [5.74, 6) is -1.67. The zero-order valence-corrected chi connectivity index (χ0v) is 12.6. The Labute approximate surface area is 132 Å². The molecule has 1 atom stereocenters. The standard InChI is InChI=1S/C17H16FNO4/c1-22-17(21)15-13(9-4-2-5-10(18)8-9)14-11(20)6-3-7-12(14)23-16(15)19/h2,4-5,8,13H,3,6-7,19H2,1H3/t13-/m0/s1. The largest absolute Gasteiger partial charge is 0.465 e. The number of carbonyl (C=O) groups is 2. The van der Waals surface area contributed by atoms with Gasteiger partial charge in [0.2, 0.25) is 5.88 Å². The number of hydrogen-bond acceptors (Lipinski definition) is 5. The van der Waals surface area contributed by atoms with Crippen LogP contribution >= 0.6 is 0 Å². The molecule has 0 spiro atoms. The monoisotopic (exact) mass is 317 g/mol. The molecule has 0 saturated carbocycles. The summed E-state index contributed by atoms with van der Waals surface area (Å²) in [4.78, 5) is 24.6. The number of methoxy groups -OCH3 is 1. The van der Waals surface area contributed by atoms with E-state index in [1.165, 1.54) is 25.3 Å². The topological polar surface area (TPSA) is 78.6 Å². The van der Waals surface area contributed by atoms with Crippen LogP contribution < -0.4 is 5.73 Å². The molecule has 2 aliphatic rings. The Hall–Kier alpha value is -2.63. The van der Waals surface area contributed by atoms with Crippen molar-refractivity contribution < 1.29 is 23.5 Å². The number of benzene rings is 1. The van der Waals surface area contributed by atoms with Crippen LogP contribution in [0, 0.1) is 5.82 Å². The minimum atomic E-state index is -0.769. The number of allylic oxidation sites excluding steroid dienone is 2. The maximum Gasteiger partial charge on any atom is 0.340 e. The zero-order chi connectivity index (χ0) is 16.6. The lowest BCUT2D eigenvalue weighted by Gasteiger charge is -2.32. The minimum absolute atomic E-state index is 0.0344. The molecule has 1 aliphatic carbocycles. The summed E-state index contributed by atoms with van der Waals surface area (Å²) in [5, 5.41) is 0. The molecule has 1 aromatic rings. The van der Waals surface area contributed by atoms with E-state index in [9.17, 15) is 14.0 Å². The highest BCUT2D eigenvalue weighted by atomic mass is 19.1. The first-order valence-corrected chi connectivity index (χ1v) is 7.30. The Kier molecular flexibility index (Phi) is 3.90. The summed E-state index contributed by atoms with van der Waals surface area (Å²) in [6, 6.07) is 5.77. The van der Waals surface area contributed by atoms with E-state index in [2.05, 4.69) is 0 Å². The van der Waals surface area contributed by atoms with Gasteiger partial charge in [-0.3, -0.25) is 4.79 Å². The zero-order valence-electron chi connectivity index (χ0n) is 12.6. The normalized spacial score (nSPS) is 21.0. The van der Waals surface area contributed by atoms with E-state index in [4.69, 9.17) is 15.2 Å². The van der Waals surface area contributed by atoms with Gasteiger partial charge in [0.1, 0.15) is 17.1 Å². The summed E-state index contributed by atoms with van der Waals surface area (Å²) < 4.78 is 23.9. The first kappa shape index (κ1) is 15.3. The Morgan fingerprint density at radius 1 is 1.39 bits per heavy atom. The van der Waals surface area contributed by atoms with E-state index in [-0.39, 0.29) is 17.2 Å². The van der Waals surface area contributed by atoms with Gasteiger partial charge in [-0.15, -0.1) is 0 Å². The number of nitrogens with two attached hydrogens (primary N) is 1. The predicted octanol–water partition coefficient (Wildman–Crippen LogP) is 2.29. The van der Waals surface area contributed by atoms with Crippen molar-refractivity contribution in [2.45, 2.75) is 25.2 Å². The van der Waals surface area contributed by atoms with Crippen molar-refractivity contribution in [1.29, 1.82) is 0 Å². The number of Topliss-reactive ketones (excluding diaryl/α,β-unsaturated/α-hetero) is 1. The lowest BCUT2D eigenvalue weighted by atomic mass is 9.77. The van der Waals surface area contributed by atoms with Crippen molar-refractivity contribution in [2.24, 2.45) is 5.73 Å². The van der Waals surface area contributed by atoms with Gasteiger partial charge in [-0.25, -0.2) is 9.18 Å². The van der Waals surface area contributed by atoms with Gasteiger partial charge < -0.3 is 15.2 Å². The highest BCUT2D eigenvalue weighted by Gasteiger charge is 2.41. The average Bonchev–Trinajstić information content (AvgIpc) is 2.53. The molecule has 0 amide bonds. The van der Waals surface area contributed by atoms with E-state index < -0.39 is 17.7 Å². The maximum absolute atomic E-state index is 13.7. The van der Waals surface area contributed by atoms with Crippen LogP contribution in [0.4, 0.5) is 4.39 Å². The first-order chi connectivity index (χ1) is 11.0. The van der Waals surface area contributed by atoms with E-state index in [0.717, 1.165) is 0 Å². The molecule has 0 radical (unpaired) electrons. The quantitative estimate of drug-likeness (QED) is 0.847. The fourth-order valence-corrected chi connectivity index (χ4v) is 3.08. The Morgan fingerprint density at radius 2 is 2.17 bits per heavy atom. The molecule has 0 fully saturated rings. The minimum Gasteiger partial charge on any atom is -0.465 e. The molecule has 23 heavy (non-hydrogen) atoms. The highest BCUT2D eigenvalue weighted by molar-refractivity contribution is 6.03. The second-order valence-corrected chi connectivity index (χ2v) is 5.47. The van der Waals surface area contributed by atoms with Gasteiger partial charge in [-0.1, -0.05) is 12.1 Å². The van der Waals surface area contributed by atoms with Crippen LogP contribution in [0.1, 0.15) is 30.7 Å². The van der Waals surface area contributed by atoms with Crippen LogP contribution in [0.2, 0.25) is 0 Å². The summed E-state index contributed by atoms with van der Waals surface area (Å²) in [5.41, 5.74) is 6.77. The lowest BCUT2D eigenvalue weighted by Crippen LogP contribution is -2.31. The van der Waals surface area contributed by atoms with E-state index in [1.54, 1.807) is 6.07 Å². The van der Waals surface area contributed by atoms with Crippen LogP contribution in [0.25, 0.3) is 0 Å². The first-order valence-electron chi connectivity index (χ1n) is 7.30. The highest BCUT2D eigenvalue weighted by Crippen LogP contribution is 2.43. The second-order valence-electron chi connectivity index (χ2n) is 5.47. The van der Waals surface area contributed by atoms with Gasteiger partial charge in [-0.05, 0) is 24.1 Å². The van der Waals surface area contributed by atoms with Gasteiger partial charge >= 0.3 is 5.97 Å². The van der Waals surface area contributed by atoms with E-state index in [1.807, 2.05) is 0 Å². The molecule has 0 saturated heterocycles. The molecule has 6 heteroatoms. The Morgan fingerprint density at radius 3 is 2.87 bits per heavy atom. The number of esters is 1. The molecule has 3 rings (SSSR count). The van der Waals surface area contributed by atoms with Crippen LogP contribution in [-0.4, -0.2) is 18.9 Å². The van der Waals surface area contributed by atoms with Gasteiger partial charge in [-0.2, -0.15) is 0 Å². The van der Waals surface area contributed by atoms with Crippen LogP contribution in [0.3, 0.4) is 0 Å².